The predicted octanol–water partition coefficient (Wildman–Crippen LogP) is 5.80. The lowest BCUT2D eigenvalue weighted by atomic mass is 10.1. The molecule has 0 fully saturated rings. The minimum atomic E-state index is -4.40. The first kappa shape index (κ1) is 21.1. The summed E-state index contributed by atoms with van der Waals surface area (Å²) in [5, 5.41) is 2.06. The van der Waals surface area contributed by atoms with Crippen LogP contribution in [-0.4, -0.2) is 21.4 Å². The third-order valence-corrected chi connectivity index (χ3v) is 7.57. The monoisotopic (exact) mass is 473 g/mol. The molecule has 1 aliphatic rings. The molecule has 0 radical (unpaired) electrons. The van der Waals surface area contributed by atoms with Crippen LogP contribution >= 0.6 is 22.7 Å². The summed E-state index contributed by atoms with van der Waals surface area (Å²) in [6, 6.07) is 13.1. The molecular weight excluding hydrogens is 455 g/mol. The van der Waals surface area contributed by atoms with Gasteiger partial charge in [0.1, 0.15) is 5.82 Å². The Labute approximate surface area is 190 Å². The van der Waals surface area contributed by atoms with Crippen molar-refractivity contribution in [2.45, 2.75) is 25.7 Å². The van der Waals surface area contributed by atoms with Crippen molar-refractivity contribution in [2.75, 3.05) is 6.54 Å². The number of rotatable bonds is 4. The minimum Gasteiger partial charge on any atom is -0.306 e. The molecule has 164 valence electrons. The van der Waals surface area contributed by atoms with E-state index in [1.54, 1.807) is 22.7 Å². The molecule has 0 amide bonds. The number of aromatic amines is 1. The molecular formula is C23H18F3N3OS2. The fourth-order valence-electron chi connectivity index (χ4n) is 3.80. The van der Waals surface area contributed by atoms with Crippen LogP contribution in [0.25, 0.3) is 21.1 Å². The van der Waals surface area contributed by atoms with Gasteiger partial charge in [0, 0.05) is 46.2 Å². The molecule has 0 unspecified atom stereocenters. The molecule has 4 nitrogen and oxygen atoms in total. The van der Waals surface area contributed by atoms with Gasteiger partial charge in [-0.05, 0) is 35.7 Å². The number of aromatic nitrogens is 2. The summed E-state index contributed by atoms with van der Waals surface area (Å²) < 4.78 is 38.4. The predicted molar refractivity (Wildman–Crippen MR) is 121 cm³/mol. The molecule has 1 aromatic carbocycles. The van der Waals surface area contributed by atoms with Gasteiger partial charge in [0.15, 0.2) is 0 Å². The van der Waals surface area contributed by atoms with E-state index in [1.165, 1.54) is 26.8 Å². The Morgan fingerprint density at radius 2 is 1.88 bits per heavy atom. The fourth-order valence-corrected chi connectivity index (χ4v) is 5.69. The van der Waals surface area contributed by atoms with Gasteiger partial charge in [-0.2, -0.15) is 13.2 Å². The lowest BCUT2D eigenvalue weighted by Crippen LogP contribution is -2.35. The van der Waals surface area contributed by atoms with Crippen LogP contribution in [-0.2, 0) is 25.7 Å². The highest BCUT2D eigenvalue weighted by molar-refractivity contribution is 7.21. The van der Waals surface area contributed by atoms with Gasteiger partial charge < -0.3 is 4.98 Å². The van der Waals surface area contributed by atoms with E-state index in [0.29, 0.717) is 35.6 Å². The number of alkyl halides is 3. The van der Waals surface area contributed by atoms with Crippen molar-refractivity contribution in [3.63, 3.8) is 0 Å². The minimum absolute atomic E-state index is 0.236. The van der Waals surface area contributed by atoms with Crippen molar-refractivity contribution in [3.05, 3.63) is 86.0 Å². The van der Waals surface area contributed by atoms with Crippen molar-refractivity contribution >= 4 is 22.7 Å². The van der Waals surface area contributed by atoms with Gasteiger partial charge >= 0.3 is 6.18 Å². The number of nitrogens with zero attached hydrogens (tertiary/aromatic N) is 2. The first-order valence-electron chi connectivity index (χ1n) is 10.0. The van der Waals surface area contributed by atoms with Crippen LogP contribution in [0.3, 0.4) is 0 Å². The van der Waals surface area contributed by atoms with Gasteiger partial charge in [0.05, 0.1) is 16.8 Å². The Morgan fingerprint density at radius 3 is 2.59 bits per heavy atom. The molecule has 0 aliphatic carbocycles. The molecule has 0 saturated heterocycles. The number of hydrogen-bond acceptors (Lipinski definition) is 5. The summed E-state index contributed by atoms with van der Waals surface area (Å²) in [5.74, 6) is 0.301. The molecule has 5 rings (SSSR count). The Kier molecular flexibility index (Phi) is 5.48. The van der Waals surface area contributed by atoms with Gasteiger partial charge in [-0.1, -0.05) is 18.2 Å². The second-order valence-electron chi connectivity index (χ2n) is 7.62. The molecule has 1 N–H and O–H groups in total. The van der Waals surface area contributed by atoms with Crippen molar-refractivity contribution in [1.82, 2.24) is 14.9 Å². The zero-order valence-electron chi connectivity index (χ0n) is 16.8. The highest BCUT2D eigenvalue weighted by Crippen LogP contribution is 2.33. The summed E-state index contributed by atoms with van der Waals surface area (Å²) in [5.41, 5.74) is 0.834. The van der Waals surface area contributed by atoms with Crippen LogP contribution in [0.5, 0.6) is 0 Å². The maximum absolute atomic E-state index is 12.8. The van der Waals surface area contributed by atoms with Crippen LogP contribution < -0.4 is 5.56 Å². The van der Waals surface area contributed by atoms with E-state index < -0.39 is 11.7 Å². The van der Waals surface area contributed by atoms with Crippen molar-refractivity contribution in [2.24, 2.45) is 0 Å². The Morgan fingerprint density at radius 1 is 1.06 bits per heavy atom. The largest absolute Gasteiger partial charge is 0.416 e. The smallest absolute Gasteiger partial charge is 0.306 e. The van der Waals surface area contributed by atoms with E-state index >= 15 is 0 Å². The molecule has 0 saturated carbocycles. The summed E-state index contributed by atoms with van der Waals surface area (Å²) in [7, 11) is 0. The average Bonchev–Trinajstić information content (AvgIpc) is 3.45. The molecule has 32 heavy (non-hydrogen) atoms. The summed E-state index contributed by atoms with van der Waals surface area (Å²) >= 11 is 3.48. The number of hydrogen-bond donors (Lipinski definition) is 1. The van der Waals surface area contributed by atoms with Gasteiger partial charge in [-0.3, -0.25) is 9.69 Å². The number of benzene rings is 1. The quantitative estimate of drug-likeness (QED) is 0.407. The van der Waals surface area contributed by atoms with E-state index in [9.17, 15) is 18.0 Å². The molecule has 9 heteroatoms. The number of H-pyrrole nitrogens is 1. The first-order valence-corrected chi connectivity index (χ1v) is 11.7. The van der Waals surface area contributed by atoms with Gasteiger partial charge in [0.25, 0.3) is 5.56 Å². The molecule has 0 spiro atoms. The highest BCUT2D eigenvalue weighted by atomic mass is 32.1. The third-order valence-electron chi connectivity index (χ3n) is 5.44. The summed E-state index contributed by atoms with van der Waals surface area (Å²) in [4.78, 5) is 26.0. The normalized spacial score (nSPS) is 14.5. The number of fused-ring (bicyclic) bond motifs is 1. The highest BCUT2D eigenvalue weighted by Gasteiger charge is 2.30. The molecule has 4 heterocycles. The van der Waals surface area contributed by atoms with E-state index in [2.05, 4.69) is 38.4 Å². The zero-order chi connectivity index (χ0) is 22.3. The van der Waals surface area contributed by atoms with Crippen LogP contribution in [0, 0.1) is 0 Å². The molecule has 0 bridgehead atoms. The van der Waals surface area contributed by atoms with Gasteiger partial charge in [-0.15, -0.1) is 22.7 Å². The number of halogens is 3. The van der Waals surface area contributed by atoms with Crippen molar-refractivity contribution in [1.29, 1.82) is 0 Å². The van der Waals surface area contributed by atoms with Crippen LogP contribution in [0.1, 0.15) is 21.7 Å². The lowest BCUT2D eigenvalue weighted by Gasteiger charge is -2.27. The Hall–Kier alpha value is -2.75. The van der Waals surface area contributed by atoms with E-state index in [4.69, 9.17) is 0 Å². The van der Waals surface area contributed by atoms with E-state index in [1.807, 2.05) is 6.07 Å². The maximum Gasteiger partial charge on any atom is 0.416 e. The lowest BCUT2D eigenvalue weighted by molar-refractivity contribution is -0.137. The first-order chi connectivity index (χ1) is 15.4. The van der Waals surface area contributed by atoms with E-state index in [0.717, 1.165) is 25.2 Å². The molecule has 4 aromatic rings. The molecule has 3 aromatic heterocycles. The van der Waals surface area contributed by atoms with Crippen molar-refractivity contribution < 1.29 is 13.2 Å². The second kappa shape index (κ2) is 8.31. The number of thiophene rings is 2. The fraction of sp³-hybridized carbons (Fsp3) is 0.217. The summed E-state index contributed by atoms with van der Waals surface area (Å²) in [6.45, 7) is 2.02. The maximum atomic E-state index is 12.8. The van der Waals surface area contributed by atoms with Crippen LogP contribution in [0.15, 0.2) is 58.7 Å². The Bertz CT molecular complexity index is 1290. The third kappa shape index (κ3) is 4.28. The summed E-state index contributed by atoms with van der Waals surface area (Å²) in [6.07, 6.45) is -3.78. The SMILES string of the molecule is O=c1[nH]c(-c2ccc(C(F)(F)F)cc2)nc2c1CN(Cc1ccc(-c3cccs3)s1)CC2. The topological polar surface area (TPSA) is 49.0 Å². The average molecular weight is 474 g/mol. The number of nitrogens with one attached hydrogen (secondary N) is 1. The van der Waals surface area contributed by atoms with Crippen LogP contribution in [0.4, 0.5) is 13.2 Å². The molecule has 0 atom stereocenters. The zero-order valence-corrected chi connectivity index (χ0v) is 18.4. The van der Waals surface area contributed by atoms with Gasteiger partial charge in [-0.25, -0.2) is 4.98 Å². The van der Waals surface area contributed by atoms with Gasteiger partial charge in [0.2, 0.25) is 0 Å². The van der Waals surface area contributed by atoms with E-state index in [-0.39, 0.29) is 5.56 Å². The second-order valence-corrected chi connectivity index (χ2v) is 9.73. The standard InChI is InChI=1S/C23H18F3N3OS2/c24-23(25,26)15-5-3-14(4-6-15)21-27-18-9-10-29(13-17(18)22(30)28-21)12-16-7-8-20(32-16)19-2-1-11-31-19/h1-8,11H,9-10,12-13H2,(H,27,28,30). The van der Waals surface area contributed by atoms with Crippen LogP contribution in [0.2, 0.25) is 0 Å². The van der Waals surface area contributed by atoms with Crippen molar-refractivity contribution in [3.8, 4) is 21.1 Å². The molecule has 1 aliphatic heterocycles. The Balaban J connectivity index is 1.33.